The number of nitrogens with two attached hydrogens (primary N) is 1. The average Bonchev–Trinajstić information content (AvgIpc) is 3.14. The van der Waals surface area contributed by atoms with Gasteiger partial charge in [0.1, 0.15) is 11.8 Å². The van der Waals surface area contributed by atoms with Crippen LogP contribution in [0.3, 0.4) is 0 Å². The number of imidazole rings is 1. The van der Waals surface area contributed by atoms with Crippen molar-refractivity contribution in [1.82, 2.24) is 19.4 Å². The minimum absolute atomic E-state index is 0.305. The number of hydrogen-bond donors (Lipinski definition) is 2. The maximum atomic E-state index is 9.51. The van der Waals surface area contributed by atoms with Crippen molar-refractivity contribution in [3.8, 4) is 17.3 Å². The summed E-state index contributed by atoms with van der Waals surface area (Å²) in [6.07, 6.45) is 5.16. The highest BCUT2D eigenvalue weighted by Gasteiger charge is 2.17. The van der Waals surface area contributed by atoms with Gasteiger partial charge in [0.05, 0.1) is 0 Å². The van der Waals surface area contributed by atoms with Crippen molar-refractivity contribution in [2.24, 2.45) is 0 Å². The monoisotopic (exact) mass is 274 g/mol. The van der Waals surface area contributed by atoms with E-state index in [1.807, 2.05) is 30.5 Å². The van der Waals surface area contributed by atoms with E-state index >= 15 is 0 Å². The van der Waals surface area contributed by atoms with E-state index < -0.39 is 0 Å². The second-order valence-corrected chi connectivity index (χ2v) is 4.67. The van der Waals surface area contributed by atoms with Crippen LogP contribution in [-0.2, 0) is 0 Å². The van der Waals surface area contributed by atoms with Gasteiger partial charge in [0.2, 0.25) is 0 Å². The second kappa shape index (κ2) is 4.08. The maximum Gasteiger partial charge on any atom is 0.180 e. The molecule has 21 heavy (non-hydrogen) atoms. The summed E-state index contributed by atoms with van der Waals surface area (Å²) in [5, 5.41) is 10.5. The van der Waals surface area contributed by atoms with Gasteiger partial charge in [-0.15, -0.1) is 0 Å². The zero-order valence-corrected chi connectivity index (χ0v) is 10.9. The van der Waals surface area contributed by atoms with Crippen LogP contribution in [0.1, 0.15) is 5.69 Å². The lowest BCUT2D eigenvalue weighted by molar-refractivity contribution is 1.10. The van der Waals surface area contributed by atoms with Crippen LogP contribution in [0.4, 0.5) is 5.82 Å². The number of nitrogen functional groups attached to an aromatic ring is 1. The zero-order valence-electron chi connectivity index (χ0n) is 10.9. The molecule has 0 aliphatic rings. The lowest BCUT2D eigenvalue weighted by atomic mass is 10.1. The Hall–Kier alpha value is -3.33. The fraction of sp³-hybridized carbons (Fsp3) is 0. The molecule has 0 aliphatic carbocycles. The summed E-state index contributed by atoms with van der Waals surface area (Å²) in [5.74, 6) is 0.305. The molecule has 0 unspecified atom stereocenters. The number of H-pyrrole nitrogens is 1. The first-order valence-electron chi connectivity index (χ1n) is 6.38. The molecule has 6 nitrogen and oxygen atoms in total. The van der Waals surface area contributed by atoms with Crippen LogP contribution in [0.2, 0.25) is 0 Å². The highest BCUT2D eigenvalue weighted by atomic mass is 15.1. The molecule has 4 aromatic rings. The topological polar surface area (TPSA) is 95.8 Å². The van der Waals surface area contributed by atoms with Gasteiger partial charge >= 0.3 is 0 Å². The predicted molar refractivity (Wildman–Crippen MR) is 79.4 cm³/mol. The molecular weight excluding hydrogens is 264 g/mol. The number of nitriles is 1. The van der Waals surface area contributed by atoms with Crippen molar-refractivity contribution >= 4 is 22.4 Å². The third-order valence-electron chi connectivity index (χ3n) is 3.52. The Balaban J connectivity index is 2.13. The predicted octanol–water partition coefficient (Wildman–Crippen LogP) is 2.33. The number of nitrogens with zero attached hydrogens (tertiary/aromatic N) is 4. The van der Waals surface area contributed by atoms with E-state index in [0.717, 1.165) is 16.5 Å². The molecule has 0 saturated carbocycles. The number of nitrogens with one attached hydrogen (secondary N) is 1. The summed E-state index contributed by atoms with van der Waals surface area (Å²) >= 11 is 0. The molecule has 0 spiro atoms. The molecule has 0 saturated heterocycles. The van der Waals surface area contributed by atoms with Crippen LogP contribution in [0, 0.1) is 11.3 Å². The average molecular weight is 274 g/mol. The first kappa shape index (κ1) is 11.5. The Morgan fingerprint density at radius 2 is 2.14 bits per heavy atom. The number of aromatic amines is 1. The van der Waals surface area contributed by atoms with Gasteiger partial charge in [-0.05, 0) is 6.07 Å². The Bertz CT molecular complexity index is 1020. The van der Waals surface area contributed by atoms with Gasteiger partial charge in [-0.25, -0.2) is 9.97 Å². The fourth-order valence-corrected chi connectivity index (χ4v) is 2.57. The lowest BCUT2D eigenvalue weighted by Crippen LogP contribution is -2.03. The molecule has 6 heteroatoms. The maximum absolute atomic E-state index is 9.51. The van der Waals surface area contributed by atoms with Gasteiger partial charge in [-0.2, -0.15) is 5.26 Å². The highest BCUT2D eigenvalue weighted by Crippen LogP contribution is 2.30. The molecule has 0 atom stereocenters. The zero-order chi connectivity index (χ0) is 14.4. The molecule has 0 radical (unpaired) electrons. The molecule has 4 rings (SSSR count). The summed E-state index contributed by atoms with van der Waals surface area (Å²) in [4.78, 5) is 11.7. The summed E-state index contributed by atoms with van der Waals surface area (Å²) in [6, 6.07) is 10.1. The van der Waals surface area contributed by atoms with E-state index in [1.54, 1.807) is 16.8 Å². The number of anilines is 1. The molecule has 0 aliphatic heterocycles. The third-order valence-corrected chi connectivity index (χ3v) is 3.52. The van der Waals surface area contributed by atoms with Crippen molar-refractivity contribution in [3.05, 3.63) is 48.5 Å². The van der Waals surface area contributed by atoms with E-state index in [1.165, 1.54) is 0 Å². The largest absolute Gasteiger partial charge is 0.381 e. The van der Waals surface area contributed by atoms with Crippen LogP contribution >= 0.6 is 0 Å². The summed E-state index contributed by atoms with van der Waals surface area (Å²) in [7, 11) is 0. The normalized spacial score (nSPS) is 11.0. The number of hydrogen-bond acceptors (Lipinski definition) is 4. The standard InChI is InChI=1S/C15H10N6/c16-7-12-13(20-14(17)15-18-5-6-21(12)15)10-8-19-11-4-2-1-3-9(10)11/h1-6,8,19H,(H2,17,20). The van der Waals surface area contributed by atoms with E-state index in [0.29, 0.717) is 22.9 Å². The molecule has 0 bridgehead atoms. The van der Waals surface area contributed by atoms with Crippen LogP contribution in [0.5, 0.6) is 0 Å². The van der Waals surface area contributed by atoms with Crippen molar-refractivity contribution in [1.29, 1.82) is 5.26 Å². The van der Waals surface area contributed by atoms with Crippen LogP contribution in [-0.4, -0.2) is 19.4 Å². The van der Waals surface area contributed by atoms with Crippen molar-refractivity contribution < 1.29 is 0 Å². The Morgan fingerprint density at radius 1 is 1.29 bits per heavy atom. The number of fused-ring (bicyclic) bond motifs is 2. The molecule has 0 fully saturated rings. The summed E-state index contributed by atoms with van der Waals surface area (Å²) in [6.45, 7) is 0. The number of para-hydroxylation sites is 1. The van der Waals surface area contributed by atoms with Crippen LogP contribution < -0.4 is 5.73 Å². The van der Waals surface area contributed by atoms with Crippen LogP contribution in [0.15, 0.2) is 42.9 Å². The summed E-state index contributed by atoms with van der Waals surface area (Å²) in [5.41, 5.74) is 9.27. The molecular formula is C15H10N6. The minimum atomic E-state index is 0.305. The van der Waals surface area contributed by atoms with Crippen LogP contribution in [0.25, 0.3) is 27.8 Å². The lowest BCUT2D eigenvalue weighted by Gasteiger charge is -2.07. The van der Waals surface area contributed by atoms with Crippen molar-refractivity contribution in [3.63, 3.8) is 0 Å². The highest BCUT2D eigenvalue weighted by molar-refractivity contribution is 5.96. The molecule has 3 heterocycles. The molecule has 1 aromatic carbocycles. The van der Waals surface area contributed by atoms with Gasteiger partial charge in [-0.1, -0.05) is 18.2 Å². The summed E-state index contributed by atoms with van der Waals surface area (Å²) < 4.78 is 1.67. The molecule has 3 N–H and O–H groups in total. The van der Waals surface area contributed by atoms with E-state index in [4.69, 9.17) is 5.73 Å². The number of benzene rings is 1. The van der Waals surface area contributed by atoms with Crippen molar-refractivity contribution in [2.75, 3.05) is 5.73 Å². The van der Waals surface area contributed by atoms with Gasteiger partial charge in [-0.3, -0.25) is 4.40 Å². The Labute approximate surface area is 119 Å². The van der Waals surface area contributed by atoms with Crippen molar-refractivity contribution in [2.45, 2.75) is 0 Å². The van der Waals surface area contributed by atoms with E-state index in [9.17, 15) is 5.26 Å². The first-order chi connectivity index (χ1) is 10.3. The molecule has 100 valence electrons. The van der Waals surface area contributed by atoms with E-state index in [2.05, 4.69) is 21.0 Å². The fourth-order valence-electron chi connectivity index (χ4n) is 2.57. The number of rotatable bonds is 1. The Morgan fingerprint density at radius 3 is 3.00 bits per heavy atom. The SMILES string of the molecule is N#Cc1c(-c2c[nH]c3ccccc23)nc(N)c2nccn12. The smallest absolute Gasteiger partial charge is 0.180 e. The van der Waals surface area contributed by atoms with Gasteiger partial charge < -0.3 is 10.7 Å². The quantitative estimate of drug-likeness (QED) is 0.556. The Kier molecular flexibility index (Phi) is 2.23. The van der Waals surface area contributed by atoms with Gasteiger partial charge in [0.25, 0.3) is 0 Å². The first-order valence-corrected chi connectivity index (χ1v) is 6.38. The number of aromatic nitrogens is 4. The third kappa shape index (κ3) is 1.51. The molecule has 3 aromatic heterocycles. The van der Waals surface area contributed by atoms with Gasteiger partial charge in [0.15, 0.2) is 17.2 Å². The van der Waals surface area contributed by atoms with E-state index in [-0.39, 0.29) is 0 Å². The second-order valence-electron chi connectivity index (χ2n) is 4.67. The minimum Gasteiger partial charge on any atom is -0.381 e. The molecule has 0 amide bonds. The van der Waals surface area contributed by atoms with Gasteiger partial charge in [0, 0.05) is 35.1 Å².